The molecule has 0 saturated heterocycles. The average molecular weight is 180 g/mol. The van der Waals surface area contributed by atoms with Crippen molar-refractivity contribution in [3.8, 4) is 0 Å². The van der Waals surface area contributed by atoms with E-state index >= 15 is 0 Å². The lowest BCUT2D eigenvalue weighted by Crippen LogP contribution is -2.19. The minimum absolute atomic E-state index is 0.350. The third-order valence-electron chi connectivity index (χ3n) is 2.00. The summed E-state index contributed by atoms with van der Waals surface area (Å²) >= 11 is 0. The summed E-state index contributed by atoms with van der Waals surface area (Å²) in [5, 5.41) is 9.20. The van der Waals surface area contributed by atoms with Gasteiger partial charge in [0.15, 0.2) is 0 Å². The average Bonchev–Trinajstić information content (AvgIpc) is 2.19. The number of aromatic nitrogens is 1. The molecule has 1 heterocycles. The van der Waals surface area contributed by atoms with Crippen molar-refractivity contribution in [1.82, 2.24) is 4.98 Å². The first-order valence-electron chi connectivity index (χ1n) is 4.60. The number of aliphatic hydroxyl groups is 1. The van der Waals surface area contributed by atoms with Gasteiger partial charge in [0.25, 0.3) is 0 Å². The van der Waals surface area contributed by atoms with E-state index in [2.05, 4.69) is 4.98 Å². The maximum atomic E-state index is 9.20. The third kappa shape index (κ3) is 4.01. The Hall–Kier alpha value is -0.930. The molecule has 0 aliphatic heterocycles. The standard InChI is InChI=1S/C10H16N2O/c11-7-10(13)5-1-3-9-4-2-6-12-8-9/h2,4,6,8,10,13H,1,3,5,7,11H2. The summed E-state index contributed by atoms with van der Waals surface area (Å²) in [6.07, 6.45) is 5.96. The van der Waals surface area contributed by atoms with Gasteiger partial charge < -0.3 is 10.8 Å². The van der Waals surface area contributed by atoms with E-state index in [1.165, 1.54) is 5.56 Å². The first-order chi connectivity index (χ1) is 6.33. The number of aliphatic hydroxyl groups excluding tert-OH is 1. The van der Waals surface area contributed by atoms with Gasteiger partial charge in [0.1, 0.15) is 0 Å². The van der Waals surface area contributed by atoms with Crippen LogP contribution in [0, 0.1) is 0 Å². The summed E-state index contributed by atoms with van der Waals surface area (Å²) < 4.78 is 0. The Morgan fingerprint density at radius 3 is 3.00 bits per heavy atom. The molecule has 0 aliphatic rings. The quantitative estimate of drug-likeness (QED) is 0.702. The molecule has 1 aromatic heterocycles. The highest BCUT2D eigenvalue weighted by atomic mass is 16.3. The van der Waals surface area contributed by atoms with Crippen LogP contribution in [-0.4, -0.2) is 22.7 Å². The van der Waals surface area contributed by atoms with Gasteiger partial charge in [-0.05, 0) is 30.9 Å². The number of nitrogens with two attached hydrogens (primary N) is 1. The van der Waals surface area contributed by atoms with Gasteiger partial charge in [-0.25, -0.2) is 0 Å². The lowest BCUT2D eigenvalue weighted by atomic mass is 10.1. The zero-order chi connectivity index (χ0) is 9.52. The van der Waals surface area contributed by atoms with Gasteiger partial charge in [0.05, 0.1) is 6.10 Å². The van der Waals surface area contributed by atoms with E-state index in [1.807, 2.05) is 18.3 Å². The van der Waals surface area contributed by atoms with E-state index in [4.69, 9.17) is 5.73 Å². The number of pyridine rings is 1. The van der Waals surface area contributed by atoms with Crippen molar-refractivity contribution in [1.29, 1.82) is 0 Å². The predicted molar refractivity (Wildman–Crippen MR) is 52.2 cm³/mol. The second-order valence-electron chi connectivity index (χ2n) is 3.14. The molecule has 1 aromatic rings. The van der Waals surface area contributed by atoms with Crippen LogP contribution < -0.4 is 5.73 Å². The fourth-order valence-corrected chi connectivity index (χ4v) is 1.21. The molecular formula is C10H16N2O. The monoisotopic (exact) mass is 180 g/mol. The summed E-state index contributed by atoms with van der Waals surface area (Å²) in [5.74, 6) is 0. The van der Waals surface area contributed by atoms with Crippen molar-refractivity contribution in [2.24, 2.45) is 5.73 Å². The van der Waals surface area contributed by atoms with Crippen LogP contribution >= 0.6 is 0 Å². The van der Waals surface area contributed by atoms with E-state index in [0.29, 0.717) is 6.54 Å². The van der Waals surface area contributed by atoms with Crippen molar-refractivity contribution in [2.75, 3.05) is 6.54 Å². The molecule has 3 nitrogen and oxygen atoms in total. The molecular weight excluding hydrogens is 164 g/mol. The Morgan fingerprint density at radius 2 is 2.38 bits per heavy atom. The zero-order valence-corrected chi connectivity index (χ0v) is 7.69. The fraction of sp³-hybridized carbons (Fsp3) is 0.500. The number of nitrogens with zero attached hydrogens (tertiary/aromatic N) is 1. The van der Waals surface area contributed by atoms with Crippen molar-refractivity contribution < 1.29 is 5.11 Å². The molecule has 1 unspecified atom stereocenters. The van der Waals surface area contributed by atoms with E-state index < -0.39 is 0 Å². The van der Waals surface area contributed by atoms with Crippen LogP contribution in [0.25, 0.3) is 0 Å². The minimum Gasteiger partial charge on any atom is -0.392 e. The maximum absolute atomic E-state index is 9.20. The number of hydrogen-bond donors (Lipinski definition) is 2. The highest BCUT2D eigenvalue weighted by Gasteiger charge is 2.00. The largest absolute Gasteiger partial charge is 0.392 e. The van der Waals surface area contributed by atoms with Crippen LogP contribution in [0.3, 0.4) is 0 Å². The highest BCUT2D eigenvalue weighted by molar-refractivity contribution is 5.08. The molecule has 1 rings (SSSR count). The fourth-order valence-electron chi connectivity index (χ4n) is 1.21. The molecule has 0 saturated carbocycles. The molecule has 13 heavy (non-hydrogen) atoms. The summed E-state index contributed by atoms with van der Waals surface area (Å²) in [5.41, 5.74) is 6.50. The Bertz CT molecular complexity index is 226. The van der Waals surface area contributed by atoms with Gasteiger partial charge in [-0.2, -0.15) is 0 Å². The van der Waals surface area contributed by atoms with Gasteiger partial charge in [-0.3, -0.25) is 4.98 Å². The van der Waals surface area contributed by atoms with E-state index in [9.17, 15) is 5.11 Å². The number of aryl methyl sites for hydroxylation is 1. The Morgan fingerprint density at radius 1 is 1.54 bits per heavy atom. The molecule has 0 bridgehead atoms. The van der Waals surface area contributed by atoms with Crippen molar-refractivity contribution >= 4 is 0 Å². The lowest BCUT2D eigenvalue weighted by Gasteiger charge is -2.06. The Kier molecular flexibility index (Phi) is 4.43. The molecule has 3 N–H and O–H groups in total. The zero-order valence-electron chi connectivity index (χ0n) is 7.69. The minimum atomic E-state index is -0.350. The molecule has 0 aromatic carbocycles. The first kappa shape index (κ1) is 10.2. The molecule has 72 valence electrons. The molecule has 1 atom stereocenters. The van der Waals surface area contributed by atoms with Crippen LogP contribution in [0.4, 0.5) is 0 Å². The van der Waals surface area contributed by atoms with Crippen molar-refractivity contribution in [3.05, 3.63) is 30.1 Å². The lowest BCUT2D eigenvalue weighted by molar-refractivity contribution is 0.170. The molecule has 0 radical (unpaired) electrons. The van der Waals surface area contributed by atoms with Crippen molar-refractivity contribution in [3.63, 3.8) is 0 Å². The summed E-state index contributed by atoms with van der Waals surface area (Å²) in [6, 6.07) is 3.97. The highest BCUT2D eigenvalue weighted by Crippen LogP contribution is 2.04. The van der Waals surface area contributed by atoms with Gasteiger partial charge in [-0.1, -0.05) is 6.07 Å². The van der Waals surface area contributed by atoms with Crippen LogP contribution in [0.1, 0.15) is 18.4 Å². The summed E-state index contributed by atoms with van der Waals surface area (Å²) in [6.45, 7) is 0.354. The van der Waals surface area contributed by atoms with E-state index in [0.717, 1.165) is 19.3 Å². The van der Waals surface area contributed by atoms with Crippen LogP contribution in [0.5, 0.6) is 0 Å². The van der Waals surface area contributed by atoms with Crippen molar-refractivity contribution in [2.45, 2.75) is 25.4 Å². The second kappa shape index (κ2) is 5.67. The van der Waals surface area contributed by atoms with Gasteiger partial charge in [0.2, 0.25) is 0 Å². The van der Waals surface area contributed by atoms with Gasteiger partial charge >= 0.3 is 0 Å². The molecule has 0 amide bonds. The Balaban J connectivity index is 2.20. The van der Waals surface area contributed by atoms with Gasteiger partial charge in [-0.15, -0.1) is 0 Å². The normalized spacial score (nSPS) is 12.8. The van der Waals surface area contributed by atoms with Crippen LogP contribution in [0.2, 0.25) is 0 Å². The molecule has 3 heteroatoms. The summed E-state index contributed by atoms with van der Waals surface area (Å²) in [4.78, 5) is 4.02. The molecule has 0 fully saturated rings. The number of rotatable bonds is 5. The maximum Gasteiger partial charge on any atom is 0.0662 e. The smallest absolute Gasteiger partial charge is 0.0662 e. The van der Waals surface area contributed by atoms with Crippen LogP contribution in [-0.2, 0) is 6.42 Å². The SMILES string of the molecule is NCC(O)CCCc1cccnc1. The Labute approximate surface area is 78.6 Å². The summed E-state index contributed by atoms with van der Waals surface area (Å²) in [7, 11) is 0. The van der Waals surface area contributed by atoms with Crippen LogP contribution in [0.15, 0.2) is 24.5 Å². The van der Waals surface area contributed by atoms with E-state index in [1.54, 1.807) is 6.20 Å². The first-order valence-corrected chi connectivity index (χ1v) is 4.60. The van der Waals surface area contributed by atoms with E-state index in [-0.39, 0.29) is 6.10 Å². The molecule has 0 aliphatic carbocycles. The second-order valence-corrected chi connectivity index (χ2v) is 3.14. The third-order valence-corrected chi connectivity index (χ3v) is 2.00. The predicted octanol–water partition coefficient (Wildman–Crippen LogP) is 0.724. The van der Waals surface area contributed by atoms with Gasteiger partial charge in [0, 0.05) is 18.9 Å². The number of hydrogen-bond acceptors (Lipinski definition) is 3. The topological polar surface area (TPSA) is 59.1 Å². The molecule has 0 spiro atoms.